The Hall–Kier alpha value is -1.47. The van der Waals surface area contributed by atoms with E-state index in [0.717, 1.165) is 10.4 Å². The summed E-state index contributed by atoms with van der Waals surface area (Å²) in [5, 5.41) is 8.68. The van der Waals surface area contributed by atoms with E-state index in [1.54, 1.807) is 13.8 Å². The van der Waals surface area contributed by atoms with Crippen LogP contribution in [0.4, 0.5) is 4.39 Å². The molecule has 1 aromatic carbocycles. The van der Waals surface area contributed by atoms with Crippen LogP contribution in [0.15, 0.2) is 23.1 Å². The van der Waals surface area contributed by atoms with Gasteiger partial charge >= 0.3 is 5.97 Å². The van der Waals surface area contributed by atoms with Gasteiger partial charge in [0.15, 0.2) is 0 Å². The molecule has 0 fully saturated rings. The quantitative estimate of drug-likeness (QED) is 0.872. The van der Waals surface area contributed by atoms with Gasteiger partial charge in [-0.3, -0.25) is 4.79 Å². The summed E-state index contributed by atoms with van der Waals surface area (Å²) in [5.41, 5.74) is 0.352. The van der Waals surface area contributed by atoms with Gasteiger partial charge in [0, 0.05) is 12.6 Å². The summed E-state index contributed by atoms with van der Waals surface area (Å²) >= 11 is 0. The second-order valence-corrected chi connectivity index (χ2v) is 6.65. The van der Waals surface area contributed by atoms with Crippen molar-refractivity contribution < 1.29 is 22.7 Å². The number of nitrogens with zero attached hydrogens (tertiary/aromatic N) is 1. The Bertz CT molecular complexity index is 598. The van der Waals surface area contributed by atoms with E-state index in [4.69, 9.17) is 5.11 Å². The van der Waals surface area contributed by atoms with Gasteiger partial charge in [-0.1, -0.05) is 6.07 Å². The normalized spacial score (nSPS) is 12.1. The fraction of sp³-hybridized carbons (Fsp3) is 0.462. The summed E-state index contributed by atoms with van der Waals surface area (Å²) in [6.45, 7) is 4.68. The molecule has 0 saturated carbocycles. The molecule has 0 amide bonds. The van der Waals surface area contributed by atoms with Crippen LogP contribution < -0.4 is 0 Å². The molecule has 5 nitrogen and oxygen atoms in total. The van der Waals surface area contributed by atoms with Crippen LogP contribution in [0.5, 0.6) is 0 Å². The number of sulfonamides is 1. The highest BCUT2D eigenvalue weighted by molar-refractivity contribution is 7.89. The van der Waals surface area contributed by atoms with Crippen molar-refractivity contribution in [1.29, 1.82) is 0 Å². The van der Waals surface area contributed by atoms with E-state index >= 15 is 0 Å². The highest BCUT2D eigenvalue weighted by atomic mass is 32.2. The van der Waals surface area contributed by atoms with Gasteiger partial charge in [-0.25, -0.2) is 12.8 Å². The Labute approximate surface area is 118 Å². The summed E-state index contributed by atoms with van der Waals surface area (Å²) in [5.74, 6) is -1.69. The molecule has 1 N–H and O–H groups in total. The van der Waals surface area contributed by atoms with Crippen LogP contribution in [-0.2, 0) is 14.8 Å². The van der Waals surface area contributed by atoms with E-state index in [2.05, 4.69) is 0 Å². The maximum Gasteiger partial charge on any atom is 0.304 e. The zero-order chi connectivity index (χ0) is 15.5. The first kappa shape index (κ1) is 16.6. The van der Waals surface area contributed by atoms with Crippen LogP contribution in [0.25, 0.3) is 0 Å². The third kappa shape index (κ3) is 3.77. The van der Waals surface area contributed by atoms with Crippen molar-refractivity contribution >= 4 is 16.0 Å². The second kappa shape index (κ2) is 6.32. The van der Waals surface area contributed by atoms with Gasteiger partial charge in [-0.2, -0.15) is 4.31 Å². The number of rotatable bonds is 6. The van der Waals surface area contributed by atoms with E-state index in [9.17, 15) is 17.6 Å². The zero-order valence-electron chi connectivity index (χ0n) is 11.6. The Kier molecular flexibility index (Phi) is 5.24. The minimum absolute atomic E-state index is 0.148. The number of carbonyl (C=O) groups is 1. The average molecular weight is 303 g/mol. The lowest BCUT2D eigenvalue weighted by atomic mass is 10.2. The smallest absolute Gasteiger partial charge is 0.304 e. The van der Waals surface area contributed by atoms with Crippen LogP contribution in [0.2, 0.25) is 0 Å². The van der Waals surface area contributed by atoms with Crippen LogP contribution in [0.1, 0.15) is 25.8 Å². The van der Waals surface area contributed by atoms with Crippen molar-refractivity contribution in [2.24, 2.45) is 0 Å². The Balaban J connectivity index is 3.15. The number of hydrogen-bond donors (Lipinski definition) is 1. The van der Waals surface area contributed by atoms with Crippen molar-refractivity contribution in [3.05, 3.63) is 29.6 Å². The van der Waals surface area contributed by atoms with E-state index in [1.807, 2.05) is 0 Å². The molecule has 1 aromatic rings. The van der Waals surface area contributed by atoms with E-state index in [0.29, 0.717) is 5.56 Å². The Morgan fingerprint density at radius 3 is 2.45 bits per heavy atom. The van der Waals surface area contributed by atoms with Gasteiger partial charge in [-0.15, -0.1) is 0 Å². The molecular formula is C13H18FNO4S. The molecule has 0 unspecified atom stereocenters. The third-order valence-corrected chi connectivity index (χ3v) is 4.94. The lowest BCUT2D eigenvalue weighted by Crippen LogP contribution is -2.38. The molecule has 0 atom stereocenters. The standard InChI is InChI=1S/C13H18FNO4S/c1-9(2)15(7-6-13(16)17)20(18,19)11-5-4-10(3)12(14)8-11/h4-5,8-9H,6-7H2,1-3H3,(H,16,17). The van der Waals surface area contributed by atoms with Crippen molar-refractivity contribution in [2.75, 3.05) is 6.54 Å². The van der Waals surface area contributed by atoms with Crippen LogP contribution in [0.3, 0.4) is 0 Å². The molecule has 0 aliphatic heterocycles. The average Bonchev–Trinajstić information content (AvgIpc) is 2.31. The van der Waals surface area contributed by atoms with Gasteiger partial charge < -0.3 is 5.11 Å². The minimum Gasteiger partial charge on any atom is -0.481 e. The van der Waals surface area contributed by atoms with Crippen molar-refractivity contribution in [3.8, 4) is 0 Å². The molecule has 0 spiro atoms. The van der Waals surface area contributed by atoms with Gasteiger partial charge in [0.1, 0.15) is 5.82 Å². The summed E-state index contributed by atoms with van der Waals surface area (Å²) in [6, 6.07) is 3.26. The largest absolute Gasteiger partial charge is 0.481 e. The zero-order valence-corrected chi connectivity index (χ0v) is 12.4. The molecule has 0 aliphatic rings. The molecule has 112 valence electrons. The van der Waals surface area contributed by atoms with E-state index < -0.39 is 27.9 Å². The molecule has 1 rings (SSSR count). The van der Waals surface area contributed by atoms with Crippen molar-refractivity contribution in [3.63, 3.8) is 0 Å². The number of carboxylic acids is 1. The predicted octanol–water partition coefficient (Wildman–Crippen LogP) is 2.01. The van der Waals surface area contributed by atoms with Gasteiger partial charge in [0.05, 0.1) is 11.3 Å². The van der Waals surface area contributed by atoms with Gasteiger partial charge in [0.25, 0.3) is 0 Å². The first-order valence-electron chi connectivity index (χ1n) is 6.16. The topological polar surface area (TPSA) is 74.7 Å². The number of aliphatic carboxylic acids is 1. The number of hydrogen-bond acceptors (Lipinski definition) is 3. The molecule has 0 saturated heterocycles. The maximum absolute atomic E-state index is 13.5. The van der Waals surface area contributed by atoms with Crippen LogP contribution in [-0.4, -0.2) is 36.4 Å². The van der Waals surface area contributed by atoms with Crippen LogP contribution >= 0.6 is 0 Å². The first-order valence-corrected chi connectivity index (χ1v) is 7.60. The molecule has 0 radical (unpaired) electrons. The van der Waals surface area contributed by atoms with Crippen LogP contribution in [0, 0.1) is 12.7 Å². The van der Waals surface area contributed by atoms with Crippen molar-refractivity contribution in [1.82, 2.24) is 4.31 Å². The fourth-order valence-corrected chi connectivity index (χ4v) is 3.38. The summed E-state index contributed by atoms with van der Waals surface area (Å²) < 4.78 is 39.4. The number of halogens is 1. The predicted molar refractivity (Wildman–Crippen MR) is 72.4 cm³/mol. The first-order chi connectivity index (χ1) is 9.16. The second-order valence-electron chi connectivity index (χ2n) is 4.76. The molecule has 0 heterocycles. The highest BCUT2D eigenvalue weighted by Crippen LogP contribution is 2.20. The minimum atomic E-state index is -3.91. The highest BCUT2D eigenvalue weighted by Gasteiger charge is 2.27. The van der Waals surface area contributed by atoms with Gasteiger partial charge in [-0.05, 0) is 38.5 Å². The molecule has 7 heteroatoms. The van der Waals surface area contributed by atoms with E-state index in [-0.39, 0.29) is 17.9 Å². The third-order valence-electron chi connectivity index (χ3n) is 2.87. The number of benzene rings is 1. The molecule has 20 heavy (non-hydrogen) atoms. The number of carboxylic acid groups (broad SMARTS) is 1. The Morgan fingerprint density at radius 1 is 1.40 bits per heavy atom. The summed E-state index contributed by atoms with van der Waals surface area (Å²) in [7, 11) is -3.91. The van der Waals surface area contributed by atoms with Gasteiger partial charge in [0.2, 0.25) is 10.0 Å². The fourth-order valence-electron chi connectivity index (χ4n) is 1.73. The summed E-state index contributed by atoms with van der Waals surface area (Å²) in [4.78, 5) is 10.4. The monoisotopic (exact) mass is 303 g/mol. The SMILES string of the molecule is Cc1ccc(S(=O)(=O)N(CCC(=O)O)C(C)C)cc1F. The van der Waals surface area contributed by atoms with E-state index in [1.165, 1.54) is 19.1 Å². The lowest BCUT2D eigenvalue weighted by Gasteiger charge is -2.25. The maximum atomic E-state index is 13.5. The lowest BCUT2D eigenvalue weighted by molar-refractivity contribution is -0.137. The van der Waals surface area contributed by atoms with Crippen molar-refractivity contribution in [2.45, 2.75) is 38.1 Å². The Morgan fingerprint density at radius 2 is 2.00 bits per heavy atom. The molecule has 0 bridgehead atoms. The molecule has 0 aromatic heterocycles. The molecule has 0 aliphatic carbocycles. The summed E-state index contributed by atoms with van der Waals surface area (Å²) in [6.07, 6.45) is -0.300. The molecular weight excluding hydrogens is 285 g/mol. The number of aryl methyl sites for hydroxylation is 1.